The molecule has 0 bridgehead atoms. The van der Waals surface area contributed by atoms with Gasteiger partial charge in [-0.05, 0) is 23.3 Å². The minimum absolute atomic E-state index is 0.0603. The fourth-order valence-corrected chi connectivity index (χ4v) is 3.88. The van der Waals surface area contributed by atoms with Crippen LogP contribution in [-0.4, -0.2) is 21.4 Å². The van der Waals surface area contributed by atoms with Crippen LogP contribution < -0.4 is 4.74 Å². The Hall–Kier alpha value is -0.830. The van der Waals surface area contributed by atoms with Gasteiger partial charge in [-0.3, -0.25) is 4.79 Å². The zero-order chi connectivity index (χ0) is 15.7. The first-order valence-electron chi connectivity index (χ1n) is 6.88. The van der Waals surface area contributed by atoms with Crippen molar-refractivity contribution in [3.63, 3.8) is 0 Å². The summed E-state index contributed by atoms with van der Waals surface area (Å²) in [7, 11) is 0. The number of alkyl halides is 2. The molecule has 1 aliphatic rings. The molecular formula is C17H14I2O3. The average molecular weight is 520 g/mol. The van der Waals surface area contributed by atoms with Crippen LogP contribution in [-0.2, 0) is 4.43 Å². The molecule has 2 unspecified atom stereocenters. The lowest BCUT2D eigenvalue weighted by Gasteiger charge is -2.32. The monoisotopic (exact) mass is 520 g/mol. The van der Waals surface area contributed by atoms with Gasteiger partial charge in [0.15, 0.2) is 5.78 Å². The summed E-state index contributed by atoms with van der Waals surface area (Å²) in [5, 5.41) is 9.58. The summed E-state index contributed by atoms with van der Waals surface area (Å²) < 4.78 is 7.62. The van der Waals surface area contributed by atoms with Crippen LogP contribution in [0.25, 0.3) is 0 Å². The van der Waals surface area contributed by atoms with Crippen LogP contribution in [0.1, 0.15) is 27.4 Å². The molecule has 0 amide bonds. The number of hydrogen-bond donors (Lipinski definition) is 1. The molecule has 3 nitrogen and oxygen atoms in total. The predicted octanol–water partition coefficient (Wildman–Crippen LogP) is 4.49. The number of hydrogen-bond acceptors (Lipinski definition) is 3. The highest BCUT2D eigenvalue weighted by Gasteiger charge is 2.37. The highest BCUT2D eigenvalue weighted by atomic mass is 127. The Morgan fingerprint density at radius 1 is 1.09 bits per heavy atom. The summed E-state index contributed by atoms with van der Waals surface area (Å²) in [4.78, 5) is 12.9. The molecule has 3 rings (SSSR count). The van der Waals surface area contributed by atoms with E-state index < -0.39 is 0 Å². The number of ether oxygens (including phenoxy) is 1. The number of halogens is 2. The van der Waals surface area contributed by atoms with Crippen molar-refractivity contribution in [2.24, 2.45) is 0 Å². The summed E-state index contributed by atoms with van der Waals surface area (Å²) >= 11 is 4.56. The van der Waals surface area contributed by atoms with Gasteiger partial charge in [-0.25, -0.2) is 0 Å². The maximum absolute atomic E-state index is 12.9. The number of aromatic hydroxyl groups is 1. The lowest BCUT2D eigenvalue weighted by atomic mass is 9.84. The van der Waals surface area contributed by atoms with E-state index in [1.54, 1.807) is 6.07 Å². The molecule has 1 heterocycles. The zero-order valence-corrected chi connectivity index (χ0v) is 15.9. The SMILES string of the molecule is O=C1c2ccc(O)cc2OC(CI)C1c1ccc(CI)cc1. The van der Waals surface area contributed by atoms with Gasteiger partial charge in [0.1, 0.15) is 17.6 Å². The van der Waals surface area contributed by atoms with Crippen LogP contribution in [0.4, 0.5) is 0 Å². The third-order valence-electron chi connectivity index (χ3n) is 3.81. The molecule has 0 aliphatic carbocycles. The van der Waals surface area contributed by atoms with E-state index in [1.165, 1.54) is 17.7 Å². The maximum atomic E-state index is 12.9. The molecule has 114 valence electrons. The van der Waals surface area contributed by atoms with Gasteiger partial charge < -0.3 is 9.84 Å². The van der Waals surface area contributed by atoms with Crippen molar-refractivity contribution < 1.29 is 14.6 Å². The highest BCUT2D eigenvalue weighted by Crippen LogP contribution is 2.38. The van der Waals surface area contributed by atoms with Crippen molar-refractivity contribution in [1.29, 1.82) is 0 Å². The Bertz CT molecular complexity index is 698. The van der Waals surface area contributed by atoms with Gasteiger partial charge in [-0.15, -0.1) is 0 Å². The number of fused-ring (bicyclic) bond motifs is 1. The molecule has 5 heteroatoms. The molecule has 0 aromatic heterocycles. The summed E-state index contributed by atoms with van der Waals surface area (Å²) in [5.41, 5.74) is 2.77. The van der Waals surface area contributed by atoms with Gasteiger partial charge >= 0.3 is 0 Å². The second-order valence-electron chi connectivity index (χ2n) is 5.21. The van der Waals surface area contributed by atoms with Crippen molar-refractivity contribution in [3.05, 3.63) is 59.2 Å². The highest BCUT2D eigenvalue weighted by molar-refractivity contribution is 14.1. The third-order valence-corrected chi connectivity index (χ3v) is 5.56. The van der Waals surface area contributed by atoms with Gasteiger partial charge in [0.05, 0.1) is 11.5 Å². The first kappa shape index (κ1) is 16.0. The van der Waals surface area contributed by atoms with Crippen LogP contribution >= 0.6 is 45.2 Å². The van der Waals surface area contributed by atoms with E-state index in [0.29, 0.717) is 15.7 Å². The first-order valence-corrected chi connectivity index (χ1v) is 9.94. The van der Waals surface area contributed by atoms with Gasteiger partial charge in [0, 0.05) is 14.9 Å². The molecule has 2 aromatic rings. The quantitative estimate of drug-likeness (QED) is 0.480. The van der Waals surface area contributed by atoms with E-state index in [9.17, 15) is 9.90 Å². The molecule has 22 heavy (non-hydrogen) atoms. The summed E-state index contributed by atoms with van der Waals surface area (Å²) in [6.07, 6.45) is -0.215. The standard InChI is InChI=1S/C17H14I2O3/c18-8-10-1-3-11(4-2-10)16-15(9-19)22-14-7-12(20)5-6-13(14)17(16)21/h1-7,15-16,20H,8-9H2. The van der Waals surface area contributed by atoms with Crippen molar-refractivity contribution in [3.8, 4) is 11.5 Å². The van der Waals surface area contributed by atoms with Crippen molar-refractivity contribution in [1.82, 2.24) is 0 Å². The van der Waals surface area contributed by atoms with Crippen molar-refractivity contribution in [2.75, 3.05) is 4.43 Å². The van der Waals surface area contributed by atoms with E-state index in [0.717, 1.165) is 9.99 Å². The number of Topliss-reactive ketones (excluding diaryl/α,β-unsaturated/α-hetero) is 1. The smallest absolute Gasteiger partial charge is 0.177 e. The Morgan fingerprint density at radius 2 is 1.82 bits per heavy atom. The number of carbonyl (C=O) groups excluding carboxylic acids is 1. The van der Waals surface area contributed by atoms with E-state index in [1.807, 2.05) is 12.1 Å². The average Bonchev–Trinajstić information content (AvgIpc) is 2.54. The predicted molar refractivity (Wildman–Crippen MR) is 103 cm³/mol. The van der Waals surface area contributed by atoms with Crippen LogP contribution in [0, 0.1) is 0 Å². The van der Waals surface area contributed by atoms with Crippen LogP contribution in [0.2, 0.25) is 0 Å². The number of phenolic OH excluding ortho intramolecular Hbond substituents is 1. The van der Waals surface area contributed by atoms with E-state index in [4.69, 9.17) is 4.74 Å². The van der Waals surface area contributed by atoms with Crippen molar-refractivity contribution in [2.45, 2.75) is 16.4 Å². The summed E-state index contributed by atoms with van der Waals surface area (Å²) in [5.74, 6) is 0.359. The van der Waals surface area contributed by atoms with Crippen LogP contribution in [0.15, 0.2) is 42.5 Å². The molecule has 2 atom stereocenters. The normalized spacial score (nSPS) is 20.4. The van der Waals surface area contributed by atoms with Crippen LogP contribution in [0.3, 0.4) is 0 Å². The molecule has 2 aromatic carbocycles. The maximum Gasteiger partial charge on any atom is 0.177 e. The number of rotatable bonds is 3. The number of phenols is 1. The van der Waals surface area contributed by atoms with Gasteiger partial charge in [-0.1, -0.05) is 69.4 Å². The molecular weight excluding hydrogens is 506 g/mol. The number of benzene rings is 2. The summed E-state index contributed by atoms with van der Waals surface area (Å²) in [6, 6.07) is 12.8. The van der Waals surface area contributed by atoms with Crippen LogP contribution in [0.5, 0.6) is 11.5 Å². The van der Waals surface area contributed by atoms with E-state index >= 15 is 0 Å². The lowest BCUT2D eigenvalue weighted by Crippen LogP contribution is -2.37. The second kappa shape index (κ2) is 6.74. The van der Waals surface area contributed by atoms with E-state index in [2.05, 4.69) is 57.3 Å². The van der Waals surface area contributed by atoms with Gasteiger partial charge in [0.2, 0.25) is 0 Å². The van der Waals surface area contributed by atoms with Gasteiger partial charge in [-0.2, -0.15) is 0 Å². The Labute approximate surface area is 156 Å². The Kier molecular flexibility index (Phi) is 4.91. The Morgan fingerprint density at radius 3 is 2.45 bits per heavy atom. The topological polar surface area (TPSA) is 46.5 Å². The number of carbonyl (C=O) groups is 1. The third kappa shape index (κ3) is 2.97. The molecule has 0 fully saturated rings. The minimum atomic E-state index is -0.294. The van der Waals surface area contributed by atoms with Crippen molar-refractivity contribution >= 4 is 51.0 Å². The minimum Gasteiger partial charge on any atom is -0.508 e. The molecule has 1 aliphatic heterocycles. The molecule has 0 saturated carbocycles. The zero-order valence-electron chi connectivity index (χ0n) is 11.6. The van der Waals surface area contributed by atoms with E-state index in [-0.39, 0.29) is 23.6 Å². The molecule has 1 N–H and O–H groups in total. The largest absolute Gasteiger partial charge is 0.508 e. The summed E-state index contributed by atoms with van der Waals surface area (Å²) in [6.45, 7) is 0. The fraction of sp³-hybridized carbons (Fsp3) is 0.235. The Balaban J connectivity index is 2.02. The number of ketones is 1. The first-order chi connectivity index (χ1) is 10.6. The van der Waals surface area contributed by atoms with Gasteiger partial charge in [0.25, 0.3) is 0 Å². The fourth-order valence-electron chi connectivity index (χ4n) is 2.68. The molecule has 0 spiro atoms. The second-order valence-corrected chi connectivity index (χ2v) is 6.85. The molecule has 0 radical (unpaired) electrons. The molecule has 0 saturated heterocycles. The lowest BCUT2D eigenvalue weighted by molar-refractivity contribution is 0.0819.